The SMILES string of the molecule is CB(O)CCCC1C2CC(CN2)C1(N)C(=O)O. The molecule has 5 nitrogen and oxygen atoms in total. The summed E-state index contributed by atoms with van der Waals surface area (Å²) in [5.74, 6) is -0.812. The van der Waals surface area contributed by atoms with Crippen molar-refractivity contribution in [3.8, 4) is 0 Å². The van der Waals surface area contributed by atoms with Crippen molar-refractivity contribution in [3.63, 3.8) is 0 Å². The van der Waals surface area contributed by atoms with Crippen LogP contribution in [-0.4, -0.2) is 41.1 Å². The molecule has 1 saturated carbocycles. The minimum absolute atomic E-state index is 0.00231. The smallest absolute Gasteiger partial charge is 0.324 e. The van der Waals surface area contributed by atoms with Gasteiger partial charge in [0.15, 0.2) is 0 Å². The number of fused-ring (bicyclic) bond motifs is 2. The number of carboxylic acid groups (broad SMARTS) is 1. The van der Waals surface area contributed by atoms with E-state index in [-0.39, 0.29) is 24.8 Å². The van der Waals surface area contributed by atoms with Crippen molar-refractivity contribution in [2.75, 3.05) is 6.54 Å². The Bertz CT molecular complexity index is 313. The molecule has 0 aromatic heterocycles. The number of hydrogen-bond donors (Lipinski definition) is 4. The molecule has 0 aromatic rings. The Labute approximate surface area is 102 Å². The first-order valence-electron chi connectivity index (χ1n) is 6.40. The van der Waals surface area contributed by atoms with Crippen LogP contribution in [0.2, 0.25) is 13.1 Å². The second-order valence-electron chi connectivity index (χ2n) is 5.57. The monoisotopic (exact) mass is 240 g/mol. The lowest BCUT2D eigenvalue weighted by molar-refractivity contribution is -0.147. The molecule has 96 valence electrons. The Balaban J connectivity index is 2.01. The van der Waals surface area contributed by atoms with Crippen LogP contribution in [0.4, 0.5) is 0 Å². The largest absolute Gasteiger partial charge is 0.480 e. The van der Waals surface area contributed by atoms with Gasteiger partial charge in [-0.15, -0.1) is 0 Å². The number of carboxylic acids is 1. The number of aliphatic carboxylic acids is 1. The summed E-state index contributed by atoms with van der Waals surface area (Å²) in [6.07, 6.45) is 3.20. The molecule has 2 aliphatic rings. The molecule has 1 aliphatic heterocycles. The minimum atomic E-state index is -1.06. The van der Waals surface area contributed by atoms with Crippen molar-refractivity contribution in [2.24, 2.45) is 17.6 Å². The standard InChI is InChI=1S/C11H21BN2O3/c1-12(17)4-2-3-8-9-5-7(6-14-9)11(8,13)10(15)16/h7-9,14,17H,2-6,13H2,1H3,(H,15,16). The maximum Gasteiger partial charge on any atom is 0.324 e. The molecular weight excluding hydrogens is 219 g/mol. The first-order valence-corrected chi connectivity index (χ1v) is 6.40. The molecule has 17 heavy (non-hydrogen) atoms. The predicted octanol–water partition coefficient (Wildman–Crippen LogP) is -0.230. The maximum absolute atomic E-state index is 11.4. The first-order chi connectivity index (χ1) is 7.96. The van der Waals surface area contributed by atoms with Crippen LogP contribution in [0.1, 0.15) is 19.3 Å². The van der Waals surface area contributed by atoms with Crippen LogP contribution in [0.15, 0.2) is 0 Å². The molecule has 4 unspecified atom stereocenters. The molecule has 0 aromatic carbocycles. The Morgan fingerprint density at radius 2 is 2.35 bits per heavy atom. The van der Waals surface area contributed by atoms with E-state index in [1.165, 1.54) is 0 Å². The average Bonchev–Trinajstić information content (AvgIpc) is 2.80. The Kier molecular flexibility index (Phi) is 3.47. The van der Waals surface area contributed by atoms with Crippen LogP contribution < -0.4 is 11.1 Å². The van der Waals surface area contributed by atoms with Gasteiger partial charge < -0.3 is 21.2 Å². The van der Waals surface area contributed by atoms with Gasteiger partial charge in [-0.25, -0.2) is 0 Å². The van der Waals surface area contributed by atoms with Crippen molar-refractivity contribution in [2.45, 2.75) is 44.0 Å². The lowest BCUT2D eigenvalue weighted by Crippen LogP contribution is -2.62. The highest BCUT2D eigenvalue weighted by Gasteiger charge is 2.60. The molecule has 1 aliphatic carbocycles. The number of nitrogens with one attached hydrogen (secondary N) is 1. The van der Waals surface area contributed by atoms with Crippen LogP contribution in [0.3, 0.4) is 0 Å². The quantitative estimate of drug-likeness (QED) is 0.498. The van der Waals surface area contributed by atoms with Gasteiger partial charge in [0.25, 0.3) is 6.92 Å². The summed E-state index contributed by atoms with van der Waals surface area (Å²) in [5.41, 5.74) is 5.09. The van der Waals surface area contributed by atoms with E-state index in [0.717, 1.165) is 25.8 Å². The second kappa shape index (κ2) is 4.59. The van der Waals surface area contributed by atoms with Crippen LogP contribution in [0.5, 0.6) is 0 Å². The summed E-state index contributed by atoms with van der Waals surface area (Å²) in [5, 5.41) is 22.0. The first kappa shape index (κ1) is 12.9. The van der Waals surface area contributed by atoms with E-state index in [9.17, 15) is 14.9 Å². The molecule has 1 heterocycles. The summed E-state index contributed by atoms with van der Waals surface area (Å²) in [6, 6.07) is 0.245. The lowest BCUT2D eigenvalue weighted by Gasteiger charge is -2.37. The van der Waals surface area contributed by atoms with Crippen molar-refractivity contribution >= 4 is 12.9 Å². The highest BCUT2D eigenvalue weighted by molar-refractivity contribution is 6.48. The van der Waals surface area contributed by atoms with Gasteiger partial charge in [-0.3, -0.25) is 4.79 Å². The zero-order valence-corrected chi connectivity index (χ0v) is 10.2. The maximum atomic E-state index is 11.4. The molecule has 5 N–H and O–H groups in total. The van der Waals surface area contributed by atoms with E-state index in [2.05, 4.69) is 5.32 Å². The summed E-state index contributed by atoms with van der Waals surface area (Å²) in [4.78, 5) is 11.4. The second-order valence-corrected chi connectivity index (χ2v) is 5.57. The van der Waals surface area contributed by atoms with E-state index >= 15 is 0 Å². The third-order valence-corrected chi connectivity index (χ3v) is 4.45. The Morgan fingerprint density at radius 3 is 2.94 bits per heavy atom. The molecule has 0 spiro atoms. The molecule has 0 amide bonds. The summed E-state index contributed by atoms with van der Waals surface area (Å²) in [6.45, 7) is 2.16. The predicted molar refractivity (Wildman–Crippen MR) is 65.8 cm³/mol. The average molecular weight is 240 g/mol. The van der Waals surface area contributed by atoms with Crippen molar-refractivity contribution in [1.29, 1.82) is 0 Å². The zero-order valence-electron chi connectivity index (χ0n) is 10.2. The van der Waals surface area contributed by atoms with Crippen LogP contribution in [0, 0.1) is 11.8 Å². The van der Waals surface area contributed by atoms with Crippen LogP contribution >= 0.6 is 0 Å². The van der Waals surface area contributed by atoms with Crippen molar-refractivity contribution < 1.29 is 14.9 Å². The van der Waals surface area contributed by atoms with Crippen LogP contribution in [-0.2, 0) is 4.79 Å². The highest BCUT2D eigenvalue weighted by Crippen LogP contribution is 2.45. The number of carbonyl (C=O) groups is 1. The Hall–Kier alpha value is -0.585. The molecule has 2 rings (SSSR count). The van der Waals surface area contributed by atoms with Gasteiger partial charge in [0, 0.05) is 24.4 Å². The zero-order chi connectivity index (χ0) is 12.6. The van der Waals surface area contributed by atoms with Gasteiger partial charge in [0.2, 0.25) is 0 Å². The van der Waals surface area contributed by atoms with Gasteiger partial charge in [-0.05, 0) is 19.2 Å². The molecule has 4 atom stereocenters. The van der Waals surface area contributed by atoms with Gasteiger partial charge in [0.1, 0.15) is 5.54 Å². The third-order valence-electron chi connectivity index (χ3n) is 4.45. The van der Waals surface area contributed by atoms with Crippen molar-refractivity contribution in [3.05, 3.63) is 0 Å². The van der Waals surface area contributed by atoms with E-state index in [1.54, 1.807) is 6.82 Å². The summed E-state index contributed by atoms with van der Waals surface area (Å²) < 4.78 is 0. The van der Waals surface area contributed by atoms with E-state index in [4.69, 9.17) is 5.73 Å². The van der Waals surface area contributed by atoms with Gasteiger partial charge in [-0.1, -0.05) is 13.2 Å². The van der Waals surface area contributed by atoms with Gasteiger partial charge in [-0.2, -0.15) is 0 Å². The minimum Gasteiger partial charge on any atom is -0.480 e. The topological polar surface area (TPSA) is 95.6 Å². The molecule has 2 fully saturated rings. The fourth-order valence-electron chi connectivity index (χ4n) is 3.48. The normalized spacial score (nSPS) is 39.6. The molecule has 6 heteroatoms. The van der Waals surface area contributed by atoms with E-state index in [1.807, 2.05) is 0 Å². The number of nitrogens with two attached hydrogens (primary N) is 1. The third kappa shape index (κ3) is 2.09. The molecular formula is C11H21BN2O3. The Morgan fingerprint density at radius 1 is 1.65 bits per heavy atom. The van der Waals surface area contributed by atoms with E-state index in [0.29, 0.717) is 6.32 Å². The summed E-state index contributed by atoms with van der Waals surface area (Å²) in [7, 11) is 0. The fraction of sp³-hybridized carbons (Fsp3) is 0.909. The van der Waals surface area contributed by atoms with Gasteiger partial charge in [0.05, 0.1) is 0 Å². The molecule has 1 saturated heterocycles. The highest BCUT2D eigenvalue weighted by atomic mass is 16.4. The molecule has 0 radical (unpaired) electrons. The number of rotatable bonds is 5. The number of piperidine rings is 1. The fourth-order valence-corrected chi connectivity index (χ4v) is 3.48. The molecule has 2 bridgehead atoms. The lowest BCUT2D eigenvalue weighted by atomic mass is 9.65. The van der Waals surface area contributed by atoms with Gasteiger partial charge >= 0.3 is 5.97 Å². The number of hydrogen-bond acceptors (Lipinski definition) is 4. The summed E-state index contributed by atoms with van der Waals surface area (Å²) >= 11 is 0. The van der Waals surface area contributed by atoms with Crippen LogP contribution in [0.25, 0.3) is 0 Å². The van der Waals surface area contributed by atoms with Crippen molar-refractivity contribution in [1.82, 2.24) is 5.32 Å². The van der Waals surface area contributed by atoms with E-state index < -0.39 is 11.5 Å².